The Bertz CT molecular complexity index is 839. The zero-order chi connectivity index (χ0) is 17.5. The molecule has 7 heteroatoms. The van der Waals surface area contributed by atoms with E-state index < -0.39 is 0 Å². The van der Waals surface area contributed by atoms with E-state index in [4.69, 9.17) is 0 Å². The van der Waals surface area contributed by atoms with Crippen LogP contribution in [0.4, 0.5) is 9.52 Å². The summed E-state index contributed by atoms with van der Waals surface area (Å²) in [6, 6.07) is 16.3. The summed E-state index contributed by atoms with van der Waals surface area (Å²) in [6.45, 7) is 0. The minimum Gasteiger partial charge on any atom is -0.300 e. The Kier molecular flexibility index (Phi) is 6.14. The molecule has 0 saturated carbocycles. The normalized spacial score (nSPS) is 10.6. The number of hydrogen-bond donors (Lipinski definition) is 1. The van der Waals surface area contributed by atoms with Crippen LogP contribution in [0.15, 0.2) is 58.9 Å². The first-order chi connectivity index (χ1) is 12.2. The number of halogens is 1. The first-order valence-electron chi connectivity index (χ1n) is 7.73. The van der Waals surface area contributed by atoms with E-state index in [1.807, 2.05) is 36.4 Å². The lowest BCUT2D eigenvalue weighted by Crippen LogP contribution is -2.12. The molecule has 0 spiro atoms. The summed E-state index contributed by atoms with van der Waals surface area (Å²) in [5.74, 6) is 0.275. The number of thioether (sulfide) groups is 1. The first kappa shape index (κ1) is 17.6. The quantitative estimate of drug-likeness (QED) is 0.488. The van der Waals surface area contributed by atoms with E-state index in [0.29, 0.717) is 23.7 Å². The van der Waals surface area contributed by atoms with Gasteiger partial charge in [0.2, 0.25) is 11.0 Å². The number of nitrogens with zero attached hydrogens (tertiary/aromatic N) is 2. The van der Waals surface area contributed by atoms with Gasteiger partial charge in [-0.3, -0.25) is 4.79 Å². The van der Waals surface area contributed by atoms with Crippen molar-refractivity contribution in [3.63, 3.8) is 0 Å². The summed E-state index contributed by atoms with van der Waals surface area (Å²) in [4.78, 5) is 12.0. The Morgan fingerprint density at radius 1 is 1.08 bits per heavy atom. The van der Waals surface area contributed by atoms with Gasteiger partial charge in [-0.25, -0.2) is 4.39 Å². The van der Waals surface area contributed by atoms with Crippen molar-refractivity contribution in [1.29, 1.82) is 0 Å². The molecule has 1 aromatic heterocycles. The maximum absolute atomic E-state index is 13.2. The van der Waals surface area contributed by atoms with Crippen LogP contribution in [-0.2, 0) is 17.0 Å². The highest BCUT2D eigenvalue weighted by molar-refractivity contribution is 8.00. The van der Waals surface area contributed by atoms with Gasteiger partial charge in [0.1, 0.15) is 5.82 Å². The maximum Gasteiger partial charge on any atom is 0.226 e. The van der Waals surface area contributed by atoms with Crippen LogP contribution in [0.25, 0.3) is 0 Å². The van der Waals surface area contributed by atoms with Crippen molar-refractivity contribution >= 4 is 34.1 Å². The predicted octanol–water partition coefficient (Wildman–Crippen LogP) is 4.54. The number of nitrogens with one attached hydrogen (secondary N) is 1. The molecule has 0 unspecified atom stereocenters. The van der Waals surface area contributed by atoms with Crippen LogP contribution in [0.2, 0.25) is 0 Å². The smallest absolute Gasteiger partial charge is 0.226 e. The van der Waals surface area contributed by atoms with Gasteiger partial charge in [0.25, 0.3) is 0 Å². The topological polar surface area (TPSA) is 54.9 Å². The third-order valence-electron chi connectivity index (χ3n) is 3.39. The molecule has 25 heavy (non-hydrogen) atoms. The number of hydrogen-bond acceptors (Lipinski definition) is 5. The third kappa shape index (κ3) is 5.65. The molecule has 3 rings (SSSR count). The fourth-order valence-electron chi connectivity index (χ4n) is 2.17. The van der Waals surface area contributed by atoms with Crippen molar-refractivity contribution < 1.29 is 9.18 Å². The Hall–Kier alpha value is -2.25. The highest BCUT2D eigenvalue weighted by atomic mass is 32.2. The molecule has 0 bridgehead atoms. The van der Waals surface area contributed by atoms with Crippen molar-refractivity contribution in [3.8, 4) is 0 Å². The Balaban J connectivity index is 1.47. The Labute approximate surface area is 153 Å². The maximum atomic E-state index is 13.2. The van der Waals surface area contributed by atoms with E-state index >= 15 is 0 Å². The molecule has 0 aliphatic carbocycles. The fraction of sp³-hybridized carbons (Fsp3) is 0.167. The predicted molar refractivity (Wildman–Crippen MR) is 99.3 cm³/mol. The van der Waals surface area contributed by atoms with Crippen LogP contribution in [0.1, 0.15) is 17.5 Å². The second-order valence-electron chi connectivity index (χ2n) is 5.33. The average molecular weight is 373 g/mol. The molecule has 1 amide bonds. The largest absolute Gasteiger partial charge is 0.300 e. The molecule has 0 radical (unpaired) electrons. The summed E-state index contributed by atoms with van der Waals surface area (Å²) < 4.78 is 13.9. The Morgan fingerprint density at radius 3 is 2.68 bits per heavy atom. The lowest BCUT2D eigenvalue weighted by Gasteiger charge is -2.01. The van der Waals surface area contributed by atoms with Crippen LogP contribution < -0.4 is 5.32 Å². The van der Waals surface area contributed by atoms with E-state index in [0.717, 1.165) is 15.5 Å². The average Bonchev–Trinajstić information content (AvgIpc) is 3.06. The molecule has 1 N–H and O–H groups in total. The summed E-state index contributed by atoms with van der Waals surface area (Å²) in [7, 11) is 0. The Morgan fingerprint density at radius 2 is 1.88 bits per heavy atom. The molecule has 1 heterocycles. The molecule has 3 aromatic rings. The van der Waals surface area contributed by atoms with Crippen molar-refractivity contribution in [2.45, 2.75) is 22.9 Å². The van der Waals surface area contributed by atoms with E-state index in [-0.39, 0.29) is 11.7 Å². The van der Waals surface area contributed by atoms with Gasteiger partial charge < -0.3 is 5.32 Å². The van der Waals surface area contributed by atoms with Gasteiger partial charge in [-0.1, -0.05) is 65.6 Å². The highest BCUT2D eigenvalue weighted by Crippen LogP contribution is 2.28. The number of carbonyl (C=O) groups is 1. The molecule has 0 aliphatic heterocycles. The van der Waals surface area contributed by atoms with Crippen LogP contribution in [0, 0.1) is 5.82 Å². The van der Waals surface area contributed by atoms with Gasteiger partial charge in [-0.15, -0.1) is 10.2 Å². The highest BCUT2D eigenvalue weighted by Gasteiger charge is 2.09. The summed E-state index contributed by atoms with van der Waals surface area (Å²) in [6.07, 6.45) is 1.09. The number of carbonyl (C=O) groups excluding carboxylic acids is 1. The lowest BCUT2D eigenvalue weighted by molar-refractivity contribution is -0.116. The number of amides is 1. The van der Waals surface area contributed by atoms with Crippen molar-refractivity contribution in [3.05, 3.63) is 71.5 Å². The molecule has 0 saturated heterocycles. The minimum absolute atomic E-state index is 0.0818. The van der Waals surface area contributed by atoms with Crippen LogP contribution >= 0.6 is 23.1 Å². The second kappa shape index (κ2) is 8.73. The number of rotatable bonds is 7. The van der Waals surface area contributed by atoms with Gasteiger partial charge in [0, 0.05) is 12.2 Å². The van der Waals surface area contributed by atoms with Crippen LogP contribution in [0.5, 0.6) is 0 Å². The standard InChI is InChI=1S/C18H16FN3OS2/c19-15-8-4-7-14(11-15)12-24-18-22-21-17(25-18)20-16(23)10-9-13-5-2-1-3-6-13/h1-8,11H,9-10,12H2,(H,20,21,23). The van der Waals surface area contributed by atoms with Crippen LogP contribution in [-0.4, -0.2) is 16.1 Å². The van der Waals surface area contributed by atoms with Gasteiger partial charge >= 0.3 is 0 Å². The molecule has 128 valence electrons. The number of anilines is 1. The molecule has 0 aliphatic rings. The summed E-state index contributed by atoms with van der Waals surface area (Å²) in [5.41, 5.74) is 2.01. The number of benzene rings is 2. The first-order valence-corrected chi connectivity index (χ1v) is 9.54. The zero-order valence-corrected chi connectivity index (χ0v) is 14.9. The van der Waals surface area contributed by atoms with Gasteiger partial charge in [-0.05, 0) is 29.7 Å². The molecular weight excluding hydrogens is 357 g/mol. The van der Waals surface area contributed by atoms with Crippen molar-refractivity contribution in [1.82, 2.24) is 10.2 Å². The molecule has 4 nitrogen and oxygen atoms in total. The van der Waals surface area contributed by atoms with Crippen molar-refractivity contribution in [2.75, 3.05) is 5.32 Å². The lowest BCUT2D eigenvalue weighted by atomic mass is 10.1. The minimum atomic E-state index is -0.248. The number of aromatic nitrogens is 2. The van der Waals surface area contributed by atoms with E-state index in [2.05, 4.69) is 15.5 Å². The van der Waals surface area contributed by atoms with Gasteiger partial charge in [0.15, 0.2) is 4.34 Å². The molecular formula is C18H16FN3OS2. The molecule has 0 fully saturated rings. The zero-order valence-electron chi connectivity index (χ0n) is 13.3. The van der Waals surface area contributed by atoms with Gasteiger partial charge in [-0.2, -0.15) is 0 Å². The molecule has 2 aromatic carbocycles. The van der Waals surface area contributed by atoms with Crippen molar-refractivity contribution in [2.24, 2.45) is 0 Å². The third-order valence-corrected chi connectivity index (χ3v) is 5.43. The second-order valence-corrected chi connectivity index (χ2v) is 7.53. The van der Waals surface area contributed by atoms with E-state index in [1.165, 1.54) is 35.2 Å². The fourth-order valence-corrected chi connectivity index (χ4v) is 3.89. The summed E-state index contributed by atoms with van der Waals surface area (Å²) >= 11 is 2.79. The SMILES string of the molecule is O=C(CCc1ccccc1)Nc1nnc(SCc2cccc(F)c2)s1. The van der Waals surface area contributed by atoms with E-state index in [9.17, 15) is 9.18 Å². The molecule has 0 atom stereocenters. The van der Waals surface area contributed by atoms with Gasteiger partial charge in [0.05, 0.1) is 0 Å². The van der Waals surface area contributed by atoms with Crippen LogP contribution in [0.3, 0.4) is 0 Å². The monoisotopic (exact) mass is 373 g/mol. The number of aryl methyl sites for hydroxylation is 1. The summed E-state index contributed by atoms with van der Waals surface area (Å²) in [5, 5.41) is 11.3. The van der Waals surface area contributed by atoms with E-state index in [1.54, 1.807) is 6.07 Å².